The summed E-state index contributed by atoms with van der Waals surface area (Å²) in [5.41, 5.74) is 0.876. The molecule has 1 N–H and O–H groups in total. The summed E-state index contributed by atoms with van der Waals surface area (Å²) in [6, 6.07) is 9.40. The quantitative estimate of drug-likeness (QED) is 0.907. The van der Waals surface area contributed by atoms with Gasteiger partial charge in [0.1, 0.15) is 0 Å². The third-order valence-electron chi connectivity index (χ3n) is 4.63. The standard InChI is InChI=1S/C16H19N3O3/c20-16(17-14-10-18-8-6-12(14)7-9-18)19-21-11-15(22-19)13-4-2-1-3-5-13/h1-5,11-12,14H,6-10H2,(H,17,20)/t14-/m0/s1. The number of nitrogens with one attached hydrogen (secondary N) is 1. The predicted octanol–water partition coefficient (Wildman–Crippen LogP) is 1.97. The van der Waals surface area contributed by atoms with Crippen molar-refractivity contribution in [3.63, 3.8) is 0 Å². The van der Waals surface area contributed by atoms with Crippen LogP contribution in [0.4, 0.5) is 4.79 Å². The molecule has 22 heavy (non-hydrogen) atoms. The summed E-state index contributed by atoms with van der Waals surface area (Å²) in [7, 11) is 0. The van der Waals surface area contributed by atoms with Crippen LogP contribution < -0.4 is 5.32 Å². The molecule has 0 spiro atoms. The maximum Gasteiger partial charge on any atom is 0.388 e. The van der Waals surface area contributed by atoms with Crippen molar-refractivity contribution in [1.29, 1.82) is 0 Å². The highest BCUT2D eigenvalue weighted by molar-refractivity contribution is 5.74. The Labute approximate surface area is 129 Å². The van der Waals surface area contributed by atoms with Gasteiger partial charge in [-0.1, -0.05) is 30.3 Å². The Morgan fingerprint density at radius 1 is 1.18 bits per heavy atom. The molecular weight excluding hydrogens is 282 g/mol. The highest BCUT2D eigenvalue weighted by Crippen LogP contribution is 2.28. The molecule has 0 aliphatic carbocycles. The average molecular weight is 301 g/mol. The number of piperidine rings is 3. The number of hydroxylamine groups is 2. The van der Waals surface area contributed by atoms with Crippen molar-refractivity contribution in [3.05, 3.63) is 42.2 Å². The van der Waals surface area contributed by atoms with Crippen LogP contribution in [0.5, 0.6) is 0 Å². The maximum absolute atomic E-state index is 12.3. The number of hydrogen-bond acceptors (Lipinski definition) is 4. The number of fused-ring (bicyclic) bond motifs is 3. The SMILES string of the molecule is O=C(N[C@H]1CN2CCC1CC2)N1OC=C(c2ccccc2)O1. The highest BCUT2D eigenvalue weighted by Gasteiger charge is 2.37. The van der Waals surface area contributed by atoms with Gasteiger partial charge < -0.3 is 19.9 Å². The van der Waals surface area contributed by atoms with Crippen LogP contribution in [-0.4, -0.2) is 41.8 Å². The molecule has 2 amide bonds. The van der Waals surface area contributed by atoms with Crippen molar-refractivity contribution in [2.24, 2.45) is 5.92 Å². The zero-order chi connectivity index (χ0) is 14.9. The van der Waals surface area contributed by atoms with Gasteiger partial charge in [-0.15, -0.1) is 0 Å². The molecule has 0 radical (unpaired) electrons. The summed E-state index contributed by atoms with van der Waals surface area (Å²) in [6.07, 6.45) is 3.76. The Morgan fingerprint density at radius 3 is 2.64 bits per heavy atom. The molecule has 1 atom stereocenters. The van der Waals surface area contributed by atoms with E-state index in [0.29, 0.717) is 11.7 Å². The van der Waals surface area contributed by atoms with Crippen LogP contribution in [0.1, 0.15) is 18.4 Å². The average Bonchev–Trinajstić information content (AvgIpc) is 3.07. The number of rotatable bonds is 2. The van der Waals surface area contributed by atoms with Crippen LogP contribution in [0.15, 0.2) is 36.6 Å². The van der Waals surface area contributed by atoms with Gasteiger partial charge in [0.2, 0.25) is 5.76 Å². The molecule has 2 bridgehead atoms. The maximum atomic E-state index is 12.3. The molecule has 4 heterocycles. The summed E-state index contributed by atoms with van der Waals surface area (Å²) >= 11 is 0. The lowest BCUT2D eigenvalue weighted by Crippen LogP contribution is -2.58. The summed E-state index contributed by atoms with van der Waals surface area (Å²) in [4.78, 5) is 25.4. The largest absolute Gasteiger partial charge is 0.388 e. The number of urea groups is 1. The van der Waals surface area contributed by atoms with Gasteiger partial charge in [0.05, 0.1) is 0 Å². The molecule has 6 nitrogen and oxygen atoms in total. The van der Waals surface area contributed by atoms with Crippen molar-refractivity contribution in [1.82, 2.24) is 15.4 Å². The van der Waals surface area contributed by atoms with Crippen LogP contribution in [0, 0.1) is 5.92 Å². The first-order chi connectivity index (χ1) is 10.8. The van der Waals surface area contributed by atoms with Gasteiger partial charge in [0, 0.05) is 23.4 Å². The van der Waals surface area contributed by atoms with E-state index in [0.717, 1.165) is 43.3 Å². The van der Waals surface area contributed by atoms with E-state index in [2.05, 4.69) is 10.2 Å². The van der Waals surface area contributed by atoms with Gasteiger partial charge >= 0.3 is 6.03 Å². The lowest BCUT2D eigenvalue weighted by atomic mass is 9.84. The van der Waals surface area contributed by atoms with Gasteiger partial charge in [0.15, 0.2) is 6.26 Å². The van der Waals surface area contributed by atoms with Crippen LogP contribution in [0.3, 0.4) is 0 Å². The molecule has 1 aromatic rings. The minimum Gasteiger partial charge on any atom is -0.345 e. The first kappa shape index (κ1) is 13.5. The Hall–Kier alpha value is -2.21. The Morgan fingerprint density at radius 2 is 1.95 bits per heavy atom. The molecule has 0 aromatic heterocycles. The predicted molar refractivity (Wildman–Crippen MR) is 79.9 cm³/mol. The van der Waals surface area contributed by atoms with Crippen LogP contribution >= 0.6 is 0 Å². The van der Waals surface area contributed by atoms with Crippen LogP contribution in [-0.2, 0) is 9.68 Å². The van der Waals surface area contributed by atoms with E-state index < -0.39 is 0 Å². The van der Waals surface area contributed by atoms with E-state index in [-0.39, 0.29) is 12.1 Å². The molecule has 6 heteroatoms. The monoisotopic (exact) mass is 301 g/mol. The zero-order valence-electron chi connectivity index (χ0n) is 12.3. The van der Waals surface area contributed by atoms with E-state index in [1.165, 1.54) is 6.26 Å². The third kappa shape index (κ3) is 2.50. The second-order valence-corrected chi connectivity index (χ2v) is 6.00. The second-order valence-electron chi connectivity index (χ2n) is 6.00. The van der Waals surface area contributed by atoms with Gasteiger partial charge in [-0.2, -0.15) is 0 Å². The van der Waals surface area contributed by atoms with Gasteiger partial charge in [-0.3, -0.25) is 0 Å². The Balaban J connectivity index is 1.35. The van der Waals surface area contributed by atoms with Crippen LogP contribution in [0.2, 0.25) is 0 Å². The van der Waals surface area contributed by atoms with Gasteiger partial charge in [-0.25, -0.2) is 4.79 Å². The van der Waals surface area contributed by atoms with E-state index in [4.69, 9.17) is 9.68 Å². The summed E-state index contributed by atoms with van der Waals surface area (Å²) in [5, 5.41) is 3.94. The topological polar surface area (TPSA) is 54.0 Å². The van der Waals surface area contributed by atoms with Crippen molar-refractivity contribution in [2.45, 2.75) is 18.9 Å². The van der Waals surface area contributed by atoms with Crippen molar-refractivity contribution >= 4 is 11.8 Å². The Bertz CT molecular complexity index is 582. The molecule has 5 rings (SSSR count). The molecule has 3 fully saturated rings. The molecule has 3 saturated heterocycles. The van der Waals surface area contributed by atoms with Crippen molar-refractivity contribution in [3.8, 4) is 0 Å². The number of carbonyl (C=O) groups excluding carboxylic acids is 1. The first-order valence-corrected chi connectivity index (χ1v) is 7.73. The van der Waals surface area contributed by atoms with Crippen molar-refractivity contribution < 1.29 is 14.5 Å². The molecule has 116 valence electrons. The van der Waals surface area contributed by atoms with Crippen molar-refractivity contribution in [2.75, 3.05) is 19.6 Å². The lowest BCUT2D eigenvalue weighted by molar-refractivity contribution is -0.231. The summed E-state index contributed by atoms with van der Waals surface area (Å²) in [6.45, 7) is 3.21. The third-order valence-corrected chi connectivity index (χ3v) is 4.63. The second kappa shape index (κ2) is 5.53. The van der Waals surface area contributed by atoms with E-state index >= 15 is 0 Å². The molecule has 0 saturated carbocycles. The molecule has 4 aliphatic heterocycles. The number of nitrogens with zero attached hydrogens (tertiary/aromatic N) is 2. The summed E-state index contributed by atoms with van der Waals surface area (Å²) < 4.78 is 0. The van der Waals surface area contributed by atoms with E-state index in [1.54, 1.807) is 0 Å². The van der Waals surface area contributed by atoms with Gasteiger partial charge in [-0.05, 0) is 31.8 Å². The zero-order valence-corrected chi connectivity index (χ0v) is 12.3. The normalized spacial score (nSPS) is 29.5. The molecule has 1 aromatic carbocycles. The minimum absolute atomic E-state index is 0.183. The molecular formula is C16H19N3O3. The van der Waals surface area contributed by atoms with Gasteiger partial charge in [0.25, 0.3) is 0 Å². The van der Waals surface area contributed by atoms with E-state index in [1.807, 2.05) is 30.3 Å². The van der Waals surface area contributed by atoms with E-state index in [9.17, 15) is 4.79 Å². The number of hydrogen-bond donors (Lipinski definition) is 1. The molecule has 0 unspecified atom stereocenters. The first-order valence-electron chi connectivity index (χ1n) is 7.73. The highest BCUT2D eigenvalue weighted by atomic mass is 17.0. The minimum atomic E-state index is -0.346. The molecule has 4 aliphatic rings. The Kier molecular flexibility index (Phi) is 3.38. The summed E-state index contributed by atoms with van der Waals surface area (Å²) in [5.74, 6) is 1.10. The number of carbonyl (C=O) groups is 1. The smallest absolute Gasteiger partial charge is 0.345 e. The fraction of sp³-hybridized carbons (Fsp3) is 0.438. The number of amides is 2. The lowest BCUT2D eigenvalue weighted by Gasteiger charge is -2.44. The van der Waals surface area contributed by atoms with Crippen LogP contribution in [0.25, 0.3) is 5.76 Å². The fourth-order valence-electron chi connectivity index (χ4n) is 3.38. The number of benzene rings is 1. The fourth-order valence-corrected chi connectivity index (χ4v) is 3.38.